The predicted octanol–water partition coefficient (Wildman–Crippen LogP) is 1.99. The van der Waals surface area contributed by atoms with Gasteiger partial charge in [-0.05, 0) is 24.6 Å². The minimum absolute atomic E-state index is 0.0231. The molecule has 2 aromatic rings. The first-order chi connectivity index (χ1) is 9.75. The number of aromatic hydroxyl groups is 1. The highest BCUT2D eigenvalue weighted by Crippen LogP contribution is 2.09. The Morgan fingerprint density at radius 3 is 2.80 bits per heavy atom. The van der Waals surface area contributed by atoms with E-state index in [4.69, 9.17) is 4.74 Å². The smallest absolute Gasteiger partial charge is 0.252 e. The average molecular weight is 272 g/mol. The van der Waals surface area contributed by atoms with Gasteiger partial charge in [-0.15, -0.1) is 0 Å². The van der Waals surface area contributed by atoms with Gasteiger partial charge in [-0.2, -0.15) is 0 Å². The van der Waals surface area contributed by atoms with E-state index < -0.39 is 0 Å². The molecule has 0 aliphatic rings. The van der Waals surface area contributed by atoms with Crippen LogP contribution >= 0.6 is 0 Å². The summed E-state index contributed by atoms with van der Waals surface area (Å²) in [4.78, 5) is 15.5. The quantitative estimate of drug-likeness (QED) is 0.789. The molecule has 1 aromatic carbocycles. The maximum absolute atomic E-state index is 11.7. The topological polar surface area (TPSA) is 71.5 Å². The number of hydrogen-bond acceptors (Lipinski definition) is 4. The molecule has 0 aliphatic carbocycles. The molecule has 1 amide bonds. The molecular weight excluding hydrogens is 256 g/mol. The fourth-order valence-corrected chi connectivity index (χ4v) is 1.63. The molecule has 20 heavy (non-hydrogen) atoms. The molecule has 0 fully saturated rings. The number of ether oxygens (including phenoxy) is 1. The Morgan fingerprint density at radius 2 is 2.05 bits per heavy atom. The van der Waals surface area contributed by atoms with Gasteiger partial charge >= 0.3 is 0 Å². The van der Waals surface area contributed by atoms with Gasteiger partial charge in [-0.25, -0.2) is 0 Å². The van der Waals surface area contributed by atoms with Crippen molar-refractivity contribution in [3.63, 3.8) is 0 Å². The summed E-state index contributed by atoms with van der Waals surface area (Å²) in [5, 5.41) is 12.0. The van der Waals surface area contributed by atoms with Gasteiger partial charge in [0.05, 0.1) is 18.4 Å². The van der Waals surface area contributed by atoms with Crippen LogP contribution < -0.4 is 10.1 Å². The summed E-state index contributed by atoms with van der Waals surface area (Å²) < 4.78 is 5.51. The predicted molar refractivity (Wildman–Crippen MR) is 74.8 cm³/mol. The minimum atomic E-state index is -0.256. The number of hydrogen-bond donors (Lipinski definition) is 2. The molecule has 5 nitrogen and oxygen atoms in total. The molecule has 0 saturated carbocycles. The van der Waals surface area contributed by atoms with Crippen molar-refractivity contribution in [3.05, 3.63) is 54.4 Å². The van der Waals surface area contributed by atoms with Crippen LogP contribution in [0.4, 0.5) is 0 Å². The Kier molecular flexibility index (Phi) is 4.94. The fourth-order valence-electron chi connectivity index (χ4n) is 1.63. The average Bonchev–Trinajstić information content (AvgIpc) is 2.48. The number of nitrogens with zero attached hydrogens (tertiary/aromatic N) is 1. The van der Waals surface area contributed by atoms with Gasteiger partial charge in [0.25, 0.3) is 5.91 Å². The number of pyridine rings is 1. The molecule has 5 heteroatoms. The van der Waals surface area contributed by atoms with Crippen LogP contribution in [0.3, 0.4) is 0 Å². The summed E-state index contributed by atoms with van der Waals surface area (Å²) in [6.45, 7) is 1.03. The van der Waals surface area contributed by atoms with E-state index in [0.29, 0.717) is 25.1 Å². The van der Waals surface area contributed by atoms with Crippen molar-refractivity contribution in [2.24, 2.45) is 0 Å². The lowest BCUT2D eigenvalue weighted by Gasteiger charge is -2.07. The van der Waals surface area contributed by atoms with Crippen LogP contribution in [-0.4, -0.2) is 29.1 Å². The Bertz CT molecular complexity index is 558. The number of carbonyl (C=O) groups excluding carboxylic acids is 1. The Labute approximate surface area is 117 Å². The third kappa shape index (κ3) is 4.28. The van der Waals surface area contributed by atoms with E-state index in [0.717, 1.165) is 5.75 Å². The van der Waals surface area contributed by atoms with Gasteiger partial charge in [0.1, 0.15) is 11.5 Å². The van der Waals surface area contributed by atoms with Crippen molar-refractivity contribution in [2.75, 3.05) is 13.2 Å². The van der Waals surface area contributed by atoms with E-state index in [1.165, 1.54) is 18.5 Å². The third-order valence-corrected chi connectivity index (χ3v) is 2.60. The number of nitrogens with one attached hydrogen (secondary N) is 1. The van der Waals surface area contributed by atoms with E-state index >= 15 is 0 Å². The Balaban J connectivity index is 1.67. The molecule has 104 valence electrons. The molecule has 1 heterocycles. The lowest BCUT2D eigenvalue weighted by Crippen LogP contribution is -2.25. The third-order valence-electron chi connectivity index (χ3n) is 2.60. The summed E-state index contributed by atoms with van der Waals surface area (Å²) in [5.74, 6) is 0.536. The van der Waals surface area contributed by atoms with Crippen molar-refractivity contribution in [3.8, 4) is 11.5 Å². The van der Waals surface area contributed by atoms with Crippen LogP contribution in [0.25, 0.3) is 0 Å². The second-order valence-corrected chi connectivity index (χ2v) is 4.20. The van der Waals surface area contributed by atoms with Gasteiger partial charge in [-0.1, -0.05) is 18.2 Å². The highest BCUT2D eigenvalue weighted by molar-refractivity contribution is 5.94. The monoisotopic (exact) mass is 272 g/mol. The van der Waals surface area contributed by atoms with Gasteiger partial charge in [0, 0.05) is 12.7 Å². The van der Waals surface area contributed by atoms with E-state index in [-0.39, 0.29) is 11.7 Å². The molecule has 0 unspecified atom stereocenters. The Hall–Kier alpha value is -2.56. The molecule has 0 saturated heterocycles. The number of carbonyl (C=O) groups is 1. The second-order valence-electron chi connectivity index (χ2n) is 4.20. The zero-order chi connectivity index (χ0) is 14.2. The van der Waals surface area contributed by atoms with Gasteiger partial charge < -0.3 is 15.2 Å². The molecule has 0 aliphatic heterocycles. The van der Waals surface area contributed by atoms with Crippen LogP contribution in [0.5, 0.6) is 11.5 Å². The van der Waals surface area contributed by atoms with Gasteiger partial charge in [0.2, 0.25) is 0 Å². The van der Waals surface area contributed by atoms with Crippen LogP contribution in [-0.2, 0) is 0 Å². The summed E-state index contributed by atoms with van der Waals surface area (Å²) in [6, 6.07) is 10.9. The fraction of sp³-hybridized carbons (Fsp3) is 0.200. The number of amides is 1. The Morgan fingerprint density at radius 1 is 1.25 bits per heavy atom. The number of para-hydroxylation sites is 1. The molecule has 1 aromatic heterocycles. The summed E-state index contributed by atoms with van der Waals surface area (Å²) >= 11 is 0. The van der Waals surface area contributed by atoms with Crippen LogP contribution in [0.2, 0.25) is 0 Å². The second kappa shape index (κ2) is 7.13. The van der Waals surface area contributed by atoms with Crippen molar-refractivity contribution >= 4 is 5.91 Å². The van der Waals surface area contributed by atoms with Crippen molar-refractivity contribution in [1.82, 2.24) is 10.3 Å². The number of benzene rings is 1. The standard InChI is InChI=1S/C15H16N2O3/c18-13-9-12(10-16-11-13)15(19)17-7-4-8-20-14-5-2-1-3-6-14/h1-3,5-6,9-11,18H,4,7-8H2,(H,17,19). The molecule has 2 rings (SSSR count). The first kappa shape index (κ1) is 13.9. The van der Waals surface area contributed by atoms with Crippen molar-refractivity contribution in [2.45, 2.75) is 6.42 Å². The highest BCUT2D eigenvalue weighted by Gasteiger charge is 2.05. The maximum Gasteiger partial charge on any atom is 0.252 e. The zero-order valence-electron chi connectivity index (χ0n) is 11.0. The lowest BCUT2D eigenvalue weighted by molar-refractivity contribution is 0.0951. The molecule has 0 bridgehead atoms. The van der Waals surface area contributed by atoms with Crippen LogP contribution in [0, 0.1) is 0 Å². The molecular formula is C15H16N2O3. The molecule has 0 radical (unpaired) electrons. The summed E-state index contributed by atoms with van der Waals surface area (Å²) in [6.07, 6.45) is 3.40. The lowest BCUT2D eigenvalue weighted by atomic mass is 10.2. The van der Waals surface area contributed by atoms with E-state index in [2.05, 4.69) is 10.3 Å². The van der Waals surface area contributed by atoms with Crippen molar-refractivity contribution < 1.29 is 14.6 Å². The zero-order valence-corrected chi connectivity index (χ0v) is 11.0. The SMILES string of the molecule is O=C(NCCCOc1ccccc1)c1cncc(O)c1. The molecule has 0 atom stereocenters. The normalized spacial score (nSPS) is 10.0. The van der Waals surface area contributed by atoms with E-state index in [9.17, 15) is 9.90 Å². The summed E-state index contributed by atoms with van der Waals surface area (Å²) in [5.41, 5.74) is 0.342. The number of rotatable bonds is 6. The minimum Gasteiger partial charge on any atom is -0.506 e. The first-order valence-electron chi connectivity index (χ1n) is 6.36. The van der Waals surface area contributed by atoms with Gasteiger partial charge in [0.15, 0.2) is 0 Å². The van der Waals surface area contributed by atoms with Crippen molar-refractivity contribution in [1.29, 1.82) is 0 Å². The summed E-state index contributed by atoms with van der Waals surface area (Å²) in [7, 11) is 0. The maximum atomic E-state index is 11.7. The number of aromatic nitrogens is 1. The molecule has 2 N–H and O–H groups in total. The highest BCUT2D eigenvalue weighted by atomic mass is 16.5. The van der Waals surface area contributed by atoms with E-state index in [1.807, 2.05) is 30.3 Å². The van der Waals surface area contributed by atoms with Crippen LogP contribution in [0.1, 0.15) is 16.8 Å². The van der Waals surface area contributed by atoms with Gasteiger partial charge in [-0.3, -0.25) is 9.78 Å². The molecule has 0 spiro atoms. The van der Waals surface area contributed by atoms with Crippen LogP contribution in [0.15, 0.2) is 48.8 Å². The first-order valence-corrected chi connectivity index (χ1v) is 6.36. The van der Waals surface area contributed by atoms with E-state index in [1.54, 1.807) is 0 Å². The largest absolute Gasteiger partial charge is 0.506 e.